The summed E-state index contributed by atoms with van der Waals surface area (Å²) in [5.41, 5.74) is -0.560. The van der Waals surface area contributed by atoms with Crippen LogP contribution < -0.4 is 0 Å². The molecule has 2 saturated carbocycles. The fourth-order valence-electron chi connectivity index (χ4n) is 6.01. The number of carbonyl (C=O) groups is 2. The Balaban J connectivity index is 1.75. The largest absolute Gasteiger partial charge is 0.481 e. The maximum atomic E-state index is 12.6. The number of hydrogen-bond acceptors (Lipinski definition) is 3. The average molecular weight is 290 g/mol. The van der Waals surface area contributed by atoms with Gasteiger partial charge in [0.2, 0.25) is 0 Å². The van der Waals surface area contributed by atoms with Crippen LogP contribution in [0.15, 0.2) is 12.2 Å². The third-order valence-electron chi connectivity index (χ3n) is 6.77. The smallest absolute Gasteiger partial charge is 0.303 e. The van der Waals surface area contributed by atoms with Crippen molar-refractivity contribution < 1.29 is 19.4 Å². The van der Waals surface area contributed by atoms with Gasteiger partial charge in [0.1, 0.15) is 0 Å². The Morgan fingerprint density at radius 2 is 2.24 bits per heavy atom. The molecule has 2 unspecified atom stereocenters. The van der Waals surface area contributed by atoms with Crippen molar-refractivity contribution in [2.75, 3.05) is 0 Å². The predicted octanol–water partition coefficient (Wildman–Crippen LogP) is 2.57. The molecule has 4 bridgehead atoms. The van der Waals surface area contributed by atoms with Gasteiger partial charge in [-0.25, -0.2) is 0 Å². The van der Waals surface area contributed by atoms with E-state index in [9.17, 15) is 9.59 Å². The van der Waals surface area contributed by atoms with Gasteiger partial charge in [-0.15, -0.1) is 0 Å². The van der Waals surface area contributed by atoms with Gasteiger partial charge in [0.15, 0.2) is 5.78 Å². The van der Waals surface area contributed by atoms with E-state index < -0.39 is 11.4 Å². The van der Waals surface area contributed by atoms with Crippen molar-refractivity contribution in [3.8, 4) is 0 Å². The maximum Gasteiger partial charge on any atom is 0.303 e. The van der Waals surface area contributed by atoms with E-state index in [1.165, 1.54) is 0 Å². The van der Waals surface area contributed by atoms with Gasteiger partial charge >= 0.3 is 5.97 Å². The number of carboxylic acids is 1. The van der Waals surface area contributed by atoms with Crippen LogP contribution in [0.1, 0.15) is 46.0 Å². The van der Waals surface area contributed by atoms with Gasteiger partial charge < -0.3 is 9.84 Å². The first-order valence-electron chi connectivity index (χ1n) is 7.92. The lowest BCUT2D eigenvalue weighted by atomic mass is 9.51. The zero-order valence-corrected chi connectivity index (χ0v) is 12.6. The van der Waals surface area contributed by atoms with E-state index >= 15 is 0 Å². The number of hydrogen-bond donors (Lipinski definition) is 1. The molecule has 0 aromatic heterocycles. The Morgan fingerprint density at radius 1 is 1.48 bits per heavy atom. The first-order chi connectivity index (χ1) is 9.79. The second-order valence-electron chi connectivity index (χ2n) is 8.00. The van der Waals surface area contributed by atoms with Crippen LogP contribution >= 0.6 is 0 Å². The van der Waals surface area contributed by atoms with Crippen molar-refractivity contribution in [2.45, 2.75) is 57.7 Å². The zero-order chi connectivity index (χ0) is 15.0. The average Bonchev–Trinajstić information content (AvgIpc) is 2.75. The Labute approximate surface area is 124 Å². The van der Waals surface area contributed by atoms with E-state index in [1.54, 1.807) is 6.08 Å². The highest BCUT2D eigenvalue weighted by atomic mass is 16.5. The summed E-state index contributed by atoms with van der Waals surface area (Å²) >= 11 is 0. The first-order valence-corrected chi connectivity index (χ1v) is 7.92. The molecule has 1 N–H and O–H groups in total. The third-order valence-corrected chi connectivity index (χ3v) is 6.77. The summed E-state index contributed by atoms with van der Waals surface area (Å²) in [5.74, 6) is 0.00281. The minimum atomic E-state index is -0.827. The Hall–Kier alpha value is -1.16. The molecule has 6 atom stereocenters. The molecule has 0 radical (unpaired) electrons. The normalized spacial score (nSPS) is 53.2. The molecular formula is C17H22O4. The summed E-state index contributed by atoms with van der Waals surface area (Å²) in [6.07, 6.45) is 7.57. The Kier molecular flexibility index (Phi) is 2.43. The molecule has 2 heterocycles. The summed E-state index contributed by atoms with van der Waals surface area (Å²) < 4.78 is 6.32. The second-order valence-corrected chi connectivity index (χ2v) is 8.00. The molecule has 4 nitrogen and oxygen atoms in total. The molecule has 2 aliphatic heterocycles. The number of rotatable bonds is 3. The number of ether oxygens (including phenoxy) is 1. The molecule has 5 aliphatic rings. The first kappa shape index (κ1) is 13.5. The Bertz CT molecular complexity index is 567. The molecule has 0 amide bonds. The molecule has 4 heteroatoms. The number of allylic oxidation sites excluding steroid dienone is 2. The van der Waals surface area contributed by atoms with E-state index in [4.69, 9.17) is 9.84 Å². The zero-order valence-electron chi connectivity index (χ0n) is 12.6. The molecule has 0 aromatic carbocycles. The summed E-state index contributed by atoms with van der Waals surface area (Å²) in [6.45, 7) is 4.17. The highest BCUT2D eigenvalue weighted by Gasteiger charge is 2.71. The van der Waals surface area contributed by atoms with Crippen molar-refractivity contribution in [2.24, 2.45) is 22.7 Å². The molecule has 21 heavy (non-hydrogen) atoms. The van der Waals surface area contributed by atoms with Crippen LogP contribution in [0, 0.1) is 22.7 Å². The van der Waals surface area contributed by atoms with Crippen LogP contribution in [0.25, 0.3) is 0 Å². The van der Waals surface area contributed by atoms with Crippen molar-refractivity contribution >= 4 is 11.8 Å². The van der Waals surface area contributed by atoms with Gasteiger partial charge in [0.25, 0.3) is 0 Å². The van der Waals surface area contributed by atoms with Crippen LogP contribution in [0.4, 0.5) is 0 Å². The van der Waals surface area contributed by atoms with Gasteiger partial charge in [-0.2, -0.15) is 0 Å². The molecule has 4 fully saturated rings. The minimum Gasteiger partial charge on any atom is -0.481 e. The van der Waals surface area contributed by atoms with E-state index in [2.05, 4.69) is 13.0 Å². The fourth-order valence-corrected chi connectivity index (χ4v) is 6.01. The lowest BCUT2D eigenvalue weighted by Crippen LogP contribution is -2.56. The monoisotopic (exact) mass is 290 g/mol. The van der Waals surface area contributed by atoms with E-state index in [1.807, 2.05) is 6.92 Å². The summed E-state index contributed by atoms with van der Waals surface area (Å²) in [6, 6.07) is 0. The van der Waals surface area contributed by atoms with Crippen LogP contribution in [0.5, 0.6) is 0 Å². The standard InChI is InChI=1S/C17H22O4/c1-15(5-4-13(19)20)12(18)3-6-17-8-10-7-11(14(15)17)21-16(10,2)9-17/h3,6,10-11,14H,4-5,7-9H2,1-2H3,(H,19,20)/t10?,11-,14?,15+,16+,17-/m0/s1. The van der Waals surface area contributed by atoms with Gasteiger partial charge in [-0.1, -0.05) is 13.0 Å². The molecular weight excluding hydrogens is 268 g/mol. The van der Waals surface area contributed by atoms with Crippen LogP contribution in [0.3, 0.4) is 0 Å². The molecule has 3 aliphatic carbocycles. The van der Waals surface area contributed by atoms with E-state index in [-0.39, 0.29) is 35.2 Å². The molecule has 0 aromatic rings. The van der Waals surface area contributed by atoms with Crippen molar-refractivity contribution in [3.05, 3.63) is 12.2 Å². The molecule has 2 saturated heterocycles. The molecule has 1 spiro atoms. The van der Waals surface area contributed by atoms with Crippen molar-refractivity contribution in [3.63, 3.8) is 0 Å². The van der Waals surface area contributed by atoms with Crippen LogP contribution in [-0.2, 0) is 14.3 Å². The van der Waals surface area contributed by atoms with Gasteiger partial charge in [-0.3, -0.25) is 9.59 Å². The highest BCUT2D eigenvalue weighted by molar-refractivity contribution is 5.96. The van der Waals surface area contributed by atoms with Gasteiger partial charge in [0.05, 0.1) is 11.7 Å². The van der Waals surface area contributed by atoms with Crippen molar-refractivity contribution in [1.82, 2.24) is 0 Å². The van der Waals surface area contributed by atoms with E-state index in [0.717, 1.165) is 19.3 Å². The Morgan fingerprint density at radius 3 is 2.90 bits per heavy atom. The SMILES string of the molecule is C[C@@]12C[C@@]34C=CC(=O)[C@@](C)(CCC(=O)O)C3[C@H](CC1C4)O2. The number of ketones is 1. The van der Waals surface area contributed by atoms with Crippen LogP contribution in [-0.4, -0.2) is 28.6 Å². The third kappa shape index (κ3) is 1.54. The van der Waals surface area contributed by atoms with Gasteiger partial charge in [0, 0.05) is 17.8 Å². The molecule has 5 rings (SSSR count). The topological polar surface area (TPSA) is 63.6 Å². The quantitative estimate of drug-likeness (QED) is 0.867. The number of aliphatic carboxylic acids is 1. The van der Waals surface area contributed by atoms with Crippen LogP contribution in [0.2, 0.25) is 0 Å². The summed E-state index contributed by atoms with van der Waals surface area (Å²) in [4.78, 5) is 23.6. The highest BCUT2D eigenvalue weighted by Crippen LogP contribution is 2.71. The maximum absolute atomic E-state index is 12.6. The lowest BCUT2D eigenvalue weighted by molar-refractivity contribution is -0.170. The van der Waals surface area contributed by atoms with Crippen molar-refractivity contribution in [1.29, 1.82) is 0 Å². The minimum absolute atomic E-state index is 0.0282. The lowest BCUT2D eigenvalue weighted by Gasteiger charge is -2.55. The fraction of sp³-hybridized carbons (Fsp3) is 0.765. The predicted molar refractivity (Wildman–Crippen MR) is 75.7 cm³/mol. The number of carboxylic acid groups (broad SMARTS) is 1. The second kappa shape index (κ2) is 3.78. The number of carbonyl (C=O) groups excluding carboxylic acids is 1. The summed E-state index contributed by atoms with van der Waals surface area (Å²) in [7, 11) is 0. The van der Waals surface area contributed by atoms with E-state index in [0.29, 0.717) is 12.3 Å². The van der Waals surface area contributed by atoms with Gasteiger partial charge in [-0.05, 0) is 50.0 Å². The summed E-state index contributed by atoms with van der Waals surface area (Å²) in [5, 5.41) is 9.03. The molecule has 114 valence electrons.